The highest BCUT2D eigenvalue weighted by Crippen LogP contribution is 2.30. The Balaban J connectivity index is 2.03. The largest absolute Gasteiger partial charge is 0.507 e. The number of phenolic OH excluding ortho intramolecular Hbond substituents is 1. The highest BCUT2D eigenvalue weighted by Gasteiger charge is 2.21. The number of aromatic nitrogens is 2. The fraction of sp³-hybridized carbons (Fsp3) is 0.385. The van der Waals surface area contributed by atoms with E-state index in [2.05, 4.69) is 10.2 Å². The molecule has 1 N–H and O–H groups in total. The molecular formula is C13H16N2O2S. The number of nitrogens with zero attached hydrogens (tertiary/aromatic N) is 2. The van der Waals surface area contributed by atoms with Crippen molar-refractivity contribution in [2.75, 3.05) is 0 Å². The summed E-state index contributed by atoms with van der Waals surface area (Å²) in [5.41, 5.74) is -0.134. The summed E-state index contributed by atoms with van der Waals surface area (Å²) in [5.74, 6) is 2.04. The monoisotopic (exact) mass is 264 g/mol. The van der Waals surface area contributed by atoms with E-state index in [-0.39, 0.29) is 11.2 Å². The van der Waals surface area contributed by atoms with Crippen LogP contribution in [0.25, 0.3) is 0 Å². The Morgan fingerprint density at radius 2 is 1.94 bits per heavy atom. The first-order valence-corrected chi connectivity index (χ1v) is 6.69. The van der Waals surface area contributed by atoms with E-state index < -0.39 is 0 Å². The summed E-state index contributed by atoms with van der Waals surface area (Å²) in [6.07, 6.45) is 0. The van der Waals surface area contributed by atoms with Gasteiger partial charge in [0, 0.05) is 10.3 Å². The van der Waals surface area contributed by atoms with Crippen molar-refractivity contribution in [3.05, 3.63) is 36.0 Å². The molecule has 0 aliphatic carbocycles. The van der Waals surface area contributed by atoms with Crippen molar-refractivity contribution in [3.63, 3.8) is 0 Å². The Labute approximate surface area is 110 Å². The predicted molar refractivity (Wildman–Crippen MR) is 70.7 cm³/mol. The molecule has 2 aromatic rings. The molecule has 18 heavy (non-hydrogen) atoms. The van der Waals surface area contributed by atoms with Gasteiger partial charge in [0.1, 0.15) is 5.75 Å². The third kappa shape index (κ3) is 3.04. The number of thioether (sulfide) groups is 1. The van der Waals surface area contributed by atoms with Crippen LogP contribution in [-0.2, 0) is 11.2 Å². The van der Waals surface area contributed by atoms with Crippen molar-refractivity contribution in [3.8, 4) is 5.75 Å². The summed E-state index contributed by atoms with van der Waals surface area (Å²) in [6.45, 7) is 6.08. The molecule has 1 aromatic carbocycles. The minimum atomic E-state index is -0.134. The SMILES string of the molecule is CC(C)(C)c1nnc(CSc2ccccc2O)o1. The molecule has 0 radical (unpaired) electrons. The average Bonchev–Trinajstić information content (AvgIpc) is 2.76. The quantitative estimate of drug-likeness (QED) is 0.861. The number of aromatic hydroxyl groups is 1. The van der Waals surface area contributed by atoms with E-state index in [1.165, 1.54) is 11.8 Å². The summed E-state index contributed by atoms with van der Waals surface area (Å²) >= 11 is 1.48. The molecule has 1 heterocycles. The van der Waals surface area contributed by atoms with Crippen molar-refractivity contribution in [1.82, 2.24) is 10.2 Å². The van der Waals surface area contributed by atoms with E-state index in [1.54, 1.807) is 12.1 Å². The number of benzene rings is 1. The lowest BCUT2D eigenvalue weighted by Gasteiger charge is -2.10. The van der Waals surface area contributed by atoms with Crippen LogP contribution in [0.4, 0.5) is 0 Å². The maximum absolute atomic E-state index is 9.64. The van der Waals surface area contributed by atoms with Gasteiger partial charge < -0.3 is 9.52 Å². The predicted octanol–water partition coefficient (Wildman–Crippen LogP) is 3.37. The zero-order valence-corrected chi connectivity index (χ0v) is 11.5. The smallest absolute Gasteiger partial charge is 0.226 e. The minimum Gasteiger partial charge on any atom is -0.507 e. The van der Waals surface area contributed by atoms with Gasteiger partial charge in [0.05, 0.1) is 5.75 Å². The van der Waals surface area contributed by atoms with Gasteiger partial charge in [-0.3, -0.25) is 0 Å². The van der Waals surface area contributed by atoms with Crippen molar-refractivity contribution in [2.45, 2.75) is 36.8 Å². The van der Waals surface area contributed by atoms with Crippen LogP contribution in [0.15, 0.2) is 33.6 Å². The molecule has 4 nitrogen and oxygen atoms in total. The fourth-order valence-electron chi connectivity index (χ4n) is 1.33. The first kappa shape index (κ1) is 13.0. The van der Waals surface area contributed by atoms with E-state index in [4.69, 9.17) is 4.42 Å². The molecule has 1 aromatic heterocycles. The van der Waals surface area contributed by atoms with Crippen LogP contribution < -0.4 is 0 Å². The first-order chi connectivity index (χ1) is 8.47. The Bertz CT molecular complexity index is 532. The van der Waals surface area contributed by atoms with Gasteiger partial charge >= 0.3 is 0 Å². The van der Waals surface area contributed by atoms with Gasteiger partial charge in [-0.15, -0.1) is 22.0 Å². The van der Waals surface area contributed by atoms with Gasteiger partial charge in [0.2, 0.25) is 11.8 Å². The molecule has 0 spiro atoms. The van der Waals surface area contributed by atoms with E-state index in [0.717, 1.165) is 4.90 Å². The number of para-hydroxylation sites is 1. The standard InChI is InChI=1S/C13H16N2O2S/c1-13(2,3)12-15-14-11(17-12)8-18-10-7-5-4-6-9(10)16/h4-7,16H,8H2,1-3H3. The van der Waals surface area contributed by atoms with Gasteiger partial charge in [-0.2, -0.15) is 0 Å². The van der Waals surface area contributed by atoms with E-state index >= 15 is 0 Å². The molecule has 0 amide bonds. The lowest BCUT2D eigenvalue weighted by atomic mass is 9.97. The number of hydrogen-bond acceptors (Lipinski definition) is 5. The average molecular weight is 264 g/mol. The summed E-state index contributed by atoms with van der Waals surface area (Å²) in [5, 5.41) is 17.7. The molecule has 96 valence electrons. The van der Waals surface area contributed by atoms with Crippen LogP contribution in [0.2, 0.25) is 0 Å². The van der Waals surface area contributed by atoms with Crippen LogP contribution in [0.5, 0.6) is 5.75 Å². The molecule has 0 aliphatic heterocycles. The molecule has 5 heteroatoms. The van der Waals surface area contributed by atoms with Gasteiger partial charge in [-0.25, -0.2) is 0 Å². The zero-order valence-electron chi connectivity index (χ0n) is 10.7. The molecule has 0 saturated heterocycles. The van der Waals surface area contributed by atoms with E-state index in [1.807, 2.05) is 32.9 Å². The highest BCUT2D eigenvalue weighted by atomic mass is 32.2. The molecule has 2 rings (SSSR count). The fourth-order valence-corrected chi connectivity index (χ4v) is 2.12. The van der Waals surface area contributed by atoms with Crippen LogP contribution >= 0.6 is 11.8 Å². The maximum atomic E-state index is 9.64. The topological polar surface area (TPSA) is 59.2 Å². The third-order valence-corrected chi connectivity index (χ3v) is 3.37. The van der Waals surface area contributed by atoms with Crippen molar-refractivity contribution >= 4 is 11.8 Å². The van der Waals surface area contributed by atoms with Crippen molar-refractivity contribution < 1.29 is 9.52 Å². The van der Waals surface area contributed by atoms with E-state index in [9.17, 15) is 5.11 Å². The zero-order chi connectivity index (χ0) is 13.2. The van der Waals surface area contributed by atoms with Crippen LogP contribution in [-0.4, -0.2) is 15.3 Å². The molecule has 0 bridgehead atoms. The second-order valence-electron chi connectivity index (χ2n) is 5.01. The Morgan fingerprint density at radius 3 is 2.56 bits per heavy atom. The van der Waals surface area contributed by atoms with Gasteiger partial charge in [-0.05, 0) is 12.1 Å². The van der Waals surface area contributed by atoms with Crippen molar-refractivity contribution in [1.29, 1.82) is 0 Å². The van der Waals surface area contributed by atoms with E-state index in [0.29, 0.717) is 17.5 Å². The van der Waals surface area contributed by atoms with Gasteiger partial charge in [0.25, 0.3) is 0 Å². The normalized spacial score (nSPS) is 11.7. The first-order valence-electron chi connectivity index (χ1n) is 5.70. The summed E-state index contributed by atoms with van der Waals surface area (Å²) in [4.78, 5) is 0.813. The maximum Gasteiger partial charge on any atom is 0.226 e. The Hall–Kier alpha value is -1.49. The van der Waals surface area contributed by atoms with Crippen LogP contribution in [0, 0.1) is 0 Å². The third-order valence-electron chi connectivity index (χ3n) is 2.32. The molecule has 0 fully saturated rings. The molecular weight excluding hydrogens is 248 g/mol. The number of phenols is 1. The minimum absolute atomic E-state index is 0.134. The second-order valence-corrected chi connectivity index (χ2v) is 6.02. The lowest BCUT2D eigenvalue weighted by molar-refractivity contribution is 0.378. The summed E-state index contributed by atoms with van der Waals surface area (Å²) < 4.78 is 5.58. The van der Waals surface area contributed by atoms with Gasteiger partial charge in [-0.1, -0.05) is 32.9 Å². The summed E-state index contributed by atoms with van der Waals surface area (Å²) in [6, 6.07) is 7.21. The number of rotatable bonds is 3. The Morgan fingerprint density at radius 1 is 1.22 bits per heavy atom. The van der Waals surface area contributed by atoms with Gasteiger partial charge in [0.15, 0.2) is 0 Å². The molecule has 0 atom stereocenters. The molecule has 0 saturated carbocycles. The molecule has 0 unspecified atom stereocenters. The highest BCUT2D eigenvalue weighted by molar-refractivity contribution is 7.98. The summed E-state index contributed by atoms with van der Waals surface area (Å²) in [7, 11) is 0. The second kappa shape index (κ2) is 5.02. The molecule has 0 aliphatic rings. The Kier molecular flexibility index (Phi) is 3.61. The van der Waals surface area contributed by atoms with Crippen LogP contribution in [0.1, 0.15) is 32.6 Å². The number of hydrogen-bond donors (Lipinski definition) is 1. The van der Waals surface area contributed by atoms with Crippen LogP contribution in [0.3, 0.4) is 0 Å². The van der Waals surface area contributed by atoms with Crippen molar-refractivity contribution in [2.24, 2.45) is 0 Å². The lowest BCUT2D eigenvalue weighted by Crippen LogP contribution is -2.11.